The molecule has 58 heavy (non-hydrogen) atoms. The molecule has 1 aromatic heterocycles. The van der Waals surface area contributed by atoms with Crippen molar-refractivity contribution in [1.29, 1.82) is 0 Å². The maximum Gasteiger partial charge on any atom is 0.329 e. The van der Waals surface area contributed by atoms with E-state index in [-0.39, 0.29) is 30.3 Å². The lowest BCUT2D eigenvalue weighted by molar-refractivity contribution is -0.159. The van der Waals surface area contributed by atoms with Gasteiger partial charge < -0.3 is 34.9 Å². The van der Waals surface area contributed by atoms with Gasteiger partial charge in [-0.15, -0.1) is 0 Å². The third-order valence-electron chi connectivity index (χ3n) is 10.6. The lowest BCUT2D eigenvalue weighted by atomic mass is 9.83. The van der Waals surface area contributed by atoms with Gasteiger partial charge in [-0.25, -0.2) is 14.6 Å². The summed E-state index contributed by atoms with van der Waals surface area (Å²) >= 11 is 0. The Bertz CT molecular complexity index is 1980. The van der Waals surface area contributed by atoms with E-state index in [9.17, 15) is 24.0 Å². The van der Waals surface area contributed by atoms with E-state index in [4.69, 9.17) is 23.9 Å². The van der Waals surface area contributed by atoms with Gasteiger partial charge in [-0.3, -0.25) is 14.4 Å². The first-order valence-corrected chi connectivity index (χ1v) is 20.3. The van der Waals surface area contributed by atoms with Gasteiger partial charge >= 0.3 is 11.9 Å². The van der Waals surface area contributed by atoms with E-state index in [1.165, 1.54) is 7.11 Å². The minimum atomic E-state index is -1.05. The Balaban J connectivity index is 1.47. The highest BCUT2D eigenvalue weighted by atomic mass is 16.6. The molecule has 0 radical (unpaired) electrons. The molecule has 3 N–H and O–H groups in total. The molecule has 2 aliphatic carbocycles. The first-order chi connectivity index (χ1) is 27.6. The van der Waals surface area contributed by atoms with Crippen LogP contribution in [-0.4, -0.2) is 78.7 Å². The van der Waals surface area contributed by atoms with Crippen molar-refractivity contribution in [1.82, 2.24) is 20.9 Å². The number of methoxy groups -OCH3 is 2. The number of nitrogens with zero attached hydrogens (tertiary/aromatic N) is 1. The molecule has 3 amide bonds. The number of hydrogen-bond acceptors (Lipinski definition) is 10. The summed E-state index contributed by atoms with van der Waals surface area (Å²) in [6.07, 6.45) is 5.66. The molecule has 1 saturated carbocycles. The van der Waals surface area contributed by atoms with E-state index in [0.717, 1.165) is 37.7 Å². The number of esters is 2. The van der Waals surface area contributed by atoms with Crippen molar-refractivity contribution in [3.05, 3.63) is 66.2 Å². The molecule has 0 spiro atoms. The summed E-state index contributed by atoms with van der Waals surface area (Å²) < 4.78 is 22.8. The molecular formula is C45H58N4O9. The third-order valence-corrected chi connectivity index (χ3v) is 10.6. The van der Waals surface area contributed by atoms with Crippen molar-refractivity contribution in [3.63, 3.8) is 0 Å². The largest absolute Gasteiger partial charge is 0.497 e. The Morgan fingerprint density at radius 2 is 1.59 bits per heavy atom. The molecule has 5 rings (SSSR count). The molecule has 2 aromatic carbocycles. The minimum Gasteiger partial charge on any atom is -0.497 e. The highest BCUT2D eigenvalue weighted by Gasteiger charge is 2.41. The van der Waals surface area contributed by atoms with Crippen molar-refractivity contribution < 1.29 is 42.9 Å². The number of amides is 3. The average Bonchev–Trinajstić information content (AvgIpc) is 3.64. The van der Waals surface area contributed by atoms with E-state index in [1.807, 2.05) is 48.5 Å². The highest BCUT2D eigenvalue weighted by Crippen LogP contribution is 2.36. The van der Waals surface area contributed by atoms with Gasteiger partial charge in [0.05, 0.1) is 31.3 Å². The lowest BCUT2D eigenvalue weighted by Crippen LogP contribution is -2.56. The molecule has 3 aromatic rings. The van der Waals surface area contributed by atoms with Crippen molar-refractivity contribution >= 4 is 40.6 Å². The molecule has 1 fully saturated rings. The van der Waals surface area contributed by atoms with Crippen LogP contribution in [0.1, 0.15) is 86.5 Å². The predicted molar refractivity (Wildman–Crippen MR) is 220 cm³/mol. The maximum atomic E-state index is 14.4. The summed E-state index contributed by atoms with van der Waals surface area (Å²) in [7, 11) is 2.87. The van der Waals surface area contributed by atoms with E-state index >= 15 is 0 Å². The summed E-state index contributed by atoms with van der Waals surface area (Å²) in [6.45, 7) is 10.6. The molecule has 5 atom stereocenters. The quantitative estimate of drug-likeness (QED) is 0.150. The van der Waals surface area contributed by atoms with Gasteiger partial charge in [0.1, 0.15) is 41.3 Å². The normalized spacial score (nSPS) is 18.7. The van der Waals surface area contributed by atoms with Crippen molar-refractivity contribution in [3.8, 4) is 22.8 Å². The highest BCUT2D eigenvalue weighted by molar-refractivity contribution is 6.03. The van der Waals surface area contributed by atoms with E-state index in [1.54, 1.807) is 60.8 Å². The number of nitrogens with one attached hydrogen (secondary N) is 3. The monoisotopic (exact) mass is 798 g/mol. The second-order valence-corrected chi connectivity index (χ2v) is 16.4. The Morgan fingerprint density at radius 3 is 2.21 bits per heavy atom. The molecule has 0 bridgehead atoms. The minimum absolute atomic E-state index is 0.0601. The van der Waals surface area contributed by atoms with Crippen molar-refractivity contribution in [2.75, 3.05) is 14.2 Å². The topological polar surface area (TPSA) is 171 Å². The number of aromatic nitrogens is 1. The molecule has 0 saturated heterocycles. The number of rotatable bonds is 15. The fraction of sp³-hybridized carbons (Fsp3) is 0.511. The first-order valence-electron chi connectivity index (χ1n) is 20.3. The zero-order valence-corrected chi connectivity index (χ0v) is 34.9. The summed E-state index contributed by atoms with van der Waals surface area (Å²) in [5.74, 6) is -3.29. The van der Waals surface area contributed by atoms with Crippen LogP contribution in [0.15, 0.2) is 66.2 Å². The lowest BCUT2D eigenvalue weighted by Gasteiger charge is -2.31. The molecule has 312 valence electrons. The maximum absolute atomic E-state index is 14.4. The number of pyridine rings is 1. The molecule has 1 heterocycles. The van der Waals surface area contributed by atoms with Gasteiger partial charge in [0.2, 0.25) is 17.7 Å². The number of carbonyl (C=O) groups excluding carboxylic acids is 5. The van der Waals surface area contributed by atoms with Crippen LogP contribution in [0.5, 0.6) is 11.5 Å². The standard InChI is InChI=1S/C45H58N4O9/c1-9-34(43(53)58-45(4,5)6)47-40(50)32-22-30(57-37-25-35(27-16-12-10-13-17-27)46-36-24-29(55-7)20-21-31(36)37)23-33(32)41(51)48-38(26(2)3)42(52)49-39(44(54)56-8)28-18-14-11-15-19-28/h10,12-13,16-17,20-21,23-26,28,30,32,34,38-39H,9,11,14-15,18-19,22H2,1-8H3,(H,47,50)(H,48,51)(H,49,52)/t30-,32-,34-,38-,39-/m0/s1. The van der Waals surface area contributed by atoms with Crippen LogP contribution in [0.4, 0.5) is 0 Å². The van der Waals surface area contributed by atoms with Crippen LogP contribution in [0.3, 0.4) is 0 Å². The van der Waals surface area contributed by atoms with Gasteiger partial charge in [-0.2, -0.15) is 0 Å². The van der Waals surface area contributed by atoms with Gasteiger partial charge in [-0.05, 0) is 70.1 Å². The number of ether oxygens (including phenoxy) is 4. The third kappa shape index (κ3) is 10.9. The smallest absolute Gasteiger partial charge is 0.329 e. The van der Waals surface area contributed by atoms with E-state index in [0.29, 0.717) is 28.1 Å². The SMILES string of the molecule is CC[C@H](NC(=O)[C@H]1C[C@H](Oc2cc(-c3ccccc3)nc3cc(OC)ccc23)C=C1C(=O)N[C@H](C(=O)N[C@H](C(=O)OC)C1CCCCC1)C(C)C)C(=O)OC(C)(C)C. The molecule has 13 heteroatoms. The molecule has 13 nitrogen and oxygen atoms in total. The van der Waals surface area contributed by atoms with Gasteiger partial charge in [0, 0.05) is 35.1 Å². The Morgan fingerprint density at radius 1 is 0.879 bits per heavy atom. The second-order valence-electron chi connectivity index (χ2n) is 16.4. The Kier molecular flexibility index (Phi) is 14.5. The fourth-order valence-corrected chi connectivity index (χ4v) is 7.57. The molecular weight excluding hydrogens is 741 g/mol. The van der Waals surface area contributed by atoms with Gasteiger partial charge in [-0.1, -0.05) is 70.4 Å². The van der Waals surface area contributed by atoms with Crippen LogP contribution in [0.2, 0.25) is 0 Å². The summed E-state index contributed by atoms with van der Waals surface area (Å²) in [5.41, 5.74) is 1.44. The summed E-state index contributed by atoms with van der Waals surface area (Å²) in [6, 6.07) is 14.0. The number of fused-ring (bicyclic) bond motifs is 1. The predicted octanol–water partition coefficient (Wildman–Crippen LogP) is 6.22. The summed E-state index contributed by atoms with van der Waals surface area (Å²) in [5, 5.41) is 9.25. The summed E-state index contributed by atoms with van der Waals surface area (Å²) in [4.78, 5) is 73.3. The van der Waals surface area contributed by atoms with Crippen molar-refractivity contribution in [2.24, 2.45) is 17.8 Å². The van der Waals surface area contributed by atoms with Crippen LogP contribution < -0.4 is 25.4 Å². The van der Waals surface area contributed by atoms with E-state index < -0.39 is 65.4 Å². The fourth-order valence-electron chi connectivity index (χ4n) is 7.57. The van der Waals surface area contributed by atoms with Crippen LogP contribution >= 0.6 is 0 Å². The zero-order valence-electron chi connectivity index (χ0n) is 34.9. The van der Waals surface area contributed by atoms with Crippen LogP contribution in [0.25, 0.3) is 22.2 Å². The Labute approximate surface area is 341 Å². The van der Waals surface area contributed by atoms with Crippen molar-refractivity contribution in [2.45, 2.75) is 116 Å². The second kappa shape index (κ2) is 19.3. The molecule has 0 aliphatic heterocycles. The average molecular weight is 799 g/mol. The number of carbonyl (C=O) groups is 5. The van der Waals surface area contributed by atoms with Crippen LogP contribution in [0, 0.1) is 17.8 Å². The van der Waals surface area contributed by atoms with Crippen LogP contribution in [-0.2, 0) is 33.4 Å². The molecule has 0 unspecified atom stereocenters. The molecule has 2 aliphatic rings. The van der Waals surface area contributed by atoms with E-state index in [2.05, 4.69) is 16.0 Å². The number of benzene rings is 2. The number of hydrogen-bond donors (Lipinski definition) is 3. The van der Waals surface area contributed by atoms with Gasteiger partial charge in [0.15, 0.2) is 0 Å². The van der Waals surface area contributed by atoms with Gasteiger partial charge in [0.25, 0.3) is 0 Å². The Hall–Kier alpha value is -5.46. The first kappa shape index (κ1) is 43.7. The zero-order chi connectivity index (χ0) is 42.1.